The van der Waals surface area contributed by atoms with Gasteiger partial charge in [0.25, 0.3) is 12.6 Å². The lowest BCUT2D eigenvalue weighted by molar-refractivity contribution is -0.271. The Labute approximate surface area is 207 Å². The molecular weight excluding hydrogens is 464 g/mol. The van der Waals surface area contributed by atoms with Crippen LogP contribution in [0.4, 0.5) is 0 Å². The minimum absolute atomic E-state index is 0.0462. The summed E-state index contributed by atoms with van der Waals surface area (Å²) in [6.45, 7) is 0.542. The third kappa shape index (κ3) is 6.32. The maximum absolute atomic E-state index is 8.97. The average Bonchev–Trinajstić information content (AvgIpc) is 2.92. The van der Waals surface area contributed by atoms with Crippen LogP contribution in [0.15, 0.2) is 47.5 Å². The first-order chi connectivity index (χ1) is 17.5. The van der Waals surface area contributed by atoms with E-state index in [1.165, 1.54) is 26.4 Å². The Kier molecular flexibility index (Phi) is 8.87. The summed E-state index contributed by atoms with van der Waals surface area (Å²) in [6.07, 6.45) is 0.936. The van der Waals surface area contributed by atoms with E-state index in [0.717, 1.165) is 0 Å². The Morgan fingerprint density at radius 3 is 1.42 bits per heavy atom. The number of rotatable bonds is 8. The van der Waals surface area contributed by atoms with Crippen LogP contribution in [0.2, 0.25) is 0 Å². The molecule has 0 aliphatic carbocycles. The summed E-state index contributed by atoms with van der Waals surface area (Å²) in [4.78, 5) is 0. The molecule has 1 aliphatic heterocycles. The van der Waals surface area contributed by atoms with Crippen molar-refractivity contribution in [2.75, 3.05) is 27.4 Å². The van der Waals surface area contributed by atoms with Crippen molar-refractivity contribution in [1.82, 2.24) is 0 Å². The predicted octanol–water partition coefficient (Wildman–Crippen LogP) is 3.72. The van der Waals surface area contributed by atoms with Crippen molar-refractivity contribution in [1.29, 1.82) is 21.0 Å². The van der Waals surface area contributed by atoms with Gasteiger partial charge in [0.15, 0.2) is 23.0 Å². The molecule has 1 aliphatic rings. The first-order valence-electron chi connectivity index (χ1n) is 10.5. The number of nitrogens with zero attached hydrogens (tertiary/aromatic N) is 4. The van der Waals surface area contributed by atoms with Gasteiger partial charge in [0, 0.05) is 0 Å². The Balaban J connectivity index is 1.82. The van der Waals surface area contributed by atoms with Crippen molar-refractivity contribution in [3.8, 4) is 47.3 Å². The quantitative estimate of drug-likeness (QED) is 0.507. The number of benzene rings is 2. The molecule has 1 saturated heterocycles. The number of nitriles is 4. The van der Waals surface area contributed by atoms with E-state index in [2.05, 4.69) is 0 Å². The van der Waals surface area contributed by atoms with Crippen molar-refractivity contribution in [3.05, 3.63) is 58.7 Å². The smallest absolute Gasteiger partial charge is 0.263 e. The molecule has 0 bridgehead atoms. The second-order valence-electron chi connectivity index (χ2n) is 7.10. The zero-order valence-electron chi connectivity index (χ0n) is 19.4. The number of allylic oxidation sites excluding steroid dienone is 2. The monoisotopic (exact) mass is 484 g/mol. The first-order valence-corrected chi connectivity index (χ1v) is 10.5. The van der Waals surface area contributed by atoms with Crippen molar-refractivity contribution in [3.63, 3.8) is 0 Å². The minimum atomic E-state index is -0.962. The van der Waals surface area contributed by atoms with Crippen LogP contribution in [0.1, 0.15) is 11.1 Å². The molecule has 3 rings (SSSR count). The van der Waals surface area contributed by atoms with Crippen molar-refractivity contribution >= 4 is 12.2 Å². The fraction of sp³-hybridized carbons (Fsp3) is 0.231. The van der Waals surface area contributed by atoms with E-state index in [-0.39, 0.29) is 24.4 Å². The SMILES string of the molecule is COc1cc(C=C(C#N)C#N)ccc1OC1OCCOC1Oc1ccc(C=C(C#N)C#N)cc1OC. The molecule has 0 aromatic heterocycles. The van der Waals surface area contributed by atoms with Gasteiger partial charge in [0.05, 0.1) is 27.4 Å². The molecule has 10 heteroatoms. The maximum Gasteiger partial charge on any atom is 0.263 e. The summed E-state index contributed by atoms with van der Waals surface area (Å²) in [5.74, 6) is 1.38. The van der Waals surface area contributed by atoms with E-state index in [1.54, 1.807) is 36.4 Å². The molecule has 36 heavy (non-hydrogen) atoms. The molecule has 0 amide bonds. The van der Waals surface area contributed by atoms with Gasteiger partial charge in [-0.2, -0.15) is 21.0 Å². The van der Waals surface area contributed by atoms with E-state index in [0.29, 0.717) is 34.1 Å². The Morgan fingerprint density at radius 1 is 0.694 bits per heavy atom. The highest BCUT2D eigenvalue weighted by molar-refractivity contribution is 5.65. The molecule has 1 fully saturated rings. The lowest BCUT2D eigenvalue weighted by atomic mass is 10.1. The van der Waals surface area contributed by atoms with Gasteiger partial charge in [0.1, 0.15) is 35.4 Å². The fourth-order valence-corrected chi connectivity index (χ4v) is 3.17. The zero-order chi connectivity index (χ0) is 25.9. The second-order valence-corrected chi connectivity index (χ2v) is 7.10. The van der Waals surface area contributed by atoms with Crippen LogP contribution >= 0.6 is 0 Å². The molecule has 2 unspecified atom stereocenters. The van der Waals surface area contributed by atoms with Gasteiger partial charge in [-0.05, 0) is 47.5 Å². The Bertz CT molecular complexity index is 1200. The third-order valence-corrected chi connectivity index (χ3v) is 4.84. The lowest BCUT2D eigenvalue weighted by Gasteiger charge is -2.32. The normalized spacial score (nSPS) is 16.1. The van der Waals surface area contributed by atoms with E-state index >= 15 is 0 Å². The molecule has 180 valence electrons. The fourth-order valence-electron chi connectivity index (χ4n) is 3.17. The summed E-state index contributed by atoms with van der Waals surface area (Å²) in [5, 5.41) is 35.9. The summed E-state index contributed by atoms with van der Waals surface area (Å²) in [7, 11) is 2.92. The molecule has 0 saturated carbocycles. The highest BCUT2D eigenvalue weighted by Gasteiger charge is 2.32. The predicted molar refractivity (Wildman–Crippen MR) is 125 cm³/mol. The molecule has 0 N–H and O–H groups in total. The molecule has 2 atom stereocenters. The standard InChI is InChI=1S/C26H20N4O6/c1-31-23-11-17(9-19(13-27)14-28)3-5-21(23)35-25-26(34-8-7-33-25)36-22-6-4-18(12-24(22)32-2)10-20(15-29)16-30/h3-6,9-12,25-26H,7-8H2,1-2H3. The zero-order valence-corrected chi connectivity index (χ0v) is 19.4. The van der Waals surface area contributed by atoms with Crippen LogP contribution in [-0.4, -0.2) is 40.0 Å². The molecule has 10 nitrogen and oxygen atoms in total. The largest absolute Gasteiger partial charge is 0.493 e. The van der Waals surface area contributed by atoms with Crippen LogP contribution in [-0.2, 0) is 9.47 Å². The molecule has 2 aromatic rings. The van der Waals surface area contributed by atoms with Gasteiger partial charge in [-0.25, -0.2) is 0 Å². The maximum atomic E-state index is 8.97. The van der Waals surface area contributed by atoms with Gasteiger partial charge in [0.2, 0.25) is 0 Å². The van der Waals surface area contributed by atoms with Crippen LogP contribution in [0.25, 0.3) is 12.2 Å². The van der Waals surface area contributed by atoms with Gasteiger partial charge in [-0.1, -0.05) is 12.1 Å². The highest BCUT2D eigenvalue weighted by Crippen LogP contribution is 2.34. The Hall–Kier alpha value is -5.00. The van der Waals surface area contributed by atoms with Crippen molar-refractivity contribution < 1.29 is 28.4 Å². The van der Waals surface area contributed by atoms with Crippen LogP contribution < -0.4 is 18.9 Å². The van der Waals surface area contributed by atoms with Gasteiger partial charge in [-0.15, -0.1) is 0 Å². The topological polar surface area (TPSA) is 151 Å². The van der Waals surface area contributed by atoms with Gasteiger partial charge >= 0.3 is 0 Å². The van der Waals surface area contributed by atoms with Crippen LogP contribution in [0.5, 0.6) is 23.0 Å². The third-order valence-electron chi connectivity index (χ3n) is 4.84. The number of ether oxygens (including phenoxy) is 6. The molecule has 0 spiro atoms. The van der Waals surface area contributed by atoms with E-state index < -0.39 is 12.6 Å². The van der Waals surface area contributed by atoms with Gasteiger partial charge < -0.3 is 28.4 Å². The van der Waals surface area contributed by atoms with E-state index in [9.17, 15) is 0 Å². The number of hydrogen-bond donors (Lipinski definition) is 0. The minimum Gasteiger partial charge on any atom is -0.493 e. The summed E-state index contributed by atoms with van der Waals surface area (Å²) in [6, 6.07) is 17.0. The first kappa shape index (κ1) is 25.6. The van der Waals surface area contributed by atoms with E-state index in [4.69, 9.17) is 49.5 Å². The molecular formula is C26H20N4O6. The molecule has 2 aromatic carbocycles. The second kappa shape index (κ2) is 12.5. The molecule has 0 radical (unpaired) electrons. The summed E-state index contributed by atoms with van der Waals surface area (Å²) < 4.78 is 34.2. The molecule has 1 heterocycles. The van der Waals surface area contributed by atoms with Crippen LogP contribution in [0.3, 0.4) is 0 Å². The van der Waals surface area contributed by atoms with Crippen molar-refractivity contribution in [2.24, 2.45) is 0 Å². The average molecular weight is 484 g/mol. The van der Waals surface area contributed by atoms with Crippen LogP contribution in [0, 0.1) is 45.3 Å². The van der Waals surface area contributed by atoms with Crippen molar-refractivity contribution in [2.45, 2.75) is 12.6 Å². The van der Waals surface area contributed by atoms with Gasteiger partial charge in [-0.3, -0.25) is 0 Å². The Morgan fingerprint density at radius 2 is 1.08 bits per heavy atom. The summed E-state index contributed by atoms with van der Waals surface area (Å²) in [5.41, 5.74) is 1.08. The number of hydrogen-bond acceptors (Lipinski definition) is 10. The van der Waals surface area contributed by atoms with E-state index in [1.807, 2.05) is 24.3 Å². The lowest BCUT2D eigenvalue weighted by Crippen LogP contribution is -2.45. The summed E-state index contributed by atoms with van der Waals surface area (Å²) >= 11 is 0. The number of methoxy groups -OCH3 is 2. The highest BCUT2D eigenvalue weighted by atomic mass is 16.8.